The van der Waals surface area contributed by atoms with E-state index < -0.39 is 0 Å². The smallest absolute Gasteiger partial charge is 0.107 e. The molecule has 0 atom stereocenters. The van der Waals surface area contributed by atoms with Crippen LogP contribution in [0.2, 0.25) is 0 Å². The molecule has 0 radical (unpaired) electrons. The van der Waals surface area contributed by atoms with Crippen LogP contribution in [0.15, 0.2) is 27.1 Å². The van der Waals surface area contributed by atoms with Crippen LogP contribution in [0.1, 0.15) is 11.3 Å². The third kappa shape index (κ3) is 1.88. The molecular formula is C11H10Br2N2. The van der Waals surface area contributed by atoms with Crippen LogP contribution in [0.3, 0.4) is 0 Å². The first-order valence-corrected chi connectivity index (χ1v) is 6.16. The van der Waals surface area contributed by atoms with Gasteiger partial charge in [0.15, 0.2) is 0 Å². The van der Waals surface area contributed by atoms with Gasteiger partial charge >= 0.3 is 0 Å². The van der Waals surface area contributed by atoms with E-state index in [4.69, 9.17) is 0 Å². The molecule has 1 aromatic heterocycles. The Morgan fingerprint density at radius 2 is 1.93 bits per heavy atom. The molecule has 1 N–H and O–H groups in total. The van der Waals surface area contributed by atoms with E-state index in [9.17, 15) is 0 Å². The summed E-state index contributed by atoms with van der Waals surface area (Å²) >= 11 is 7.06. The zero-order valence-electron chi connectivity index (χ0n) is 8.44. The molecule has 0 saturated carbocycles. The van der Waals surface area contributed by atoms with Crippen molar-refractivity contribution in [3.8, 4) is 11.3 Å². The molecule has 78 valence electrons. The summed E-state index contributed by atoms with van der Waals surface area (Å²) in [6, 6.07) is 6.12. The summed E-state index contributed by atoms with van der Waals surface area (Å²) in [5.74, 6) is 0. The second kappa shape index (κ2) is 4.10. The first-order chi connectivity index (χ1) is 7.11. The van der Waals surface area contributed by atoms with Crippen LogP contribution in [-0.4, -0.2) is 10.2 Å². The zero-order valence-corrected chi connectivity index (χ0v) is 11.6. The maximum absolute atomic E-state index is 4.29. The molecule has 4 heteroatoms. The summed E-state index contributed by atoms with van der Waals surface area (Å²) in [7, 11) is 0. The second-order valence-corrected chi connectivity index (χ2v) is 5.07. The lowest BCUT2D eigenvalue weighted by Crippen LogP contribution is -1.85. The number of aromatic nitrogens is 2. The van der Waals surface area contributed by atoms with Crippen LogP contribution in [-0.2, 0) is 0 Å². The van der Waals surface area contributed by atoms with Crippen molar-refractivity contribution in [2.75, 3.05) is 0 Å². The number of halogens is 2. The average Bonchev–Trinajstić information content (AvgIpc) is 2.53. The minimum Gasteiger partial charge on any atom is -0.281 e. The van der Waals surface area contributed by atoms with Crippen molar-refractivity contribution in [2.45, 2.75) is 13.8 Å². The third-order valence-corrected chi connectivity index (χ3v) is 4.22. The van der Waals surface area contributed by atoms with Crippen molar-refractivity contribution >= 4 is 31.9 Å². The molecular weight excluding hydrogens is 320 g/mol. The van der Waals surface area contributed by atoms with E-state index in [0.29, 0.717) is 0 Å². The molecule has 0 aliphatic carbocycles. The number of hydrogen-bond acceptors (Lipinski definition) is 1. The zero-order chi connectivity index (χ0) is 11.0. The maximum atomic E-state index is 4.29. The highest BCUT2D eigenvalue weighted by molar-refractivity contribution is 9.11. The summed E-state index contributed by atoms with van der Waals surface area (Å²) in [4.78, 5) is 0. The number of aromatic amines is 1. The topological polar surface area (TPSA) is 28.7 Å². The van der Waals surface area contributed by atoms with Gasteiger partial charge in [-0.1, -0.05) is 28.1 Å². The number of rotatable bonds is 1. The number of nitrogens with zero attached hydrogens (tertiary/aromatic N) is 1. The fraction of sp³-hybridized carbons (Fsp3) is 0.182. The SMILES string of the molecule is Cc1[nH]nc(-c2cccc(Br)c2C)c1Br. The van der Waals surface area contributed by atoms with Crippen molar-refractivity contribution in [3.05, 3.63) is 38.4 Å². The molecule has 0 saturated heterocycles. The number of H-pyrrole nitrogens is 1. The molecule has 15 heavy (non-hydrogen) atoms. The molecule has 2 aromatic rings. The quantitative estimate of drug-likeness (QED) is 0.833. The lowest BCUT2D eigenvalue weighted by molar-refractivity contribution is 1.05. The van der Waals surface area contributed by atoms with Crippen LogP contribution < -0.4 is 0 Å². The van der Waals surface area contributed by atoms with Crippen molar-refractivity contribution in [3.63, 3.8) is 0 Å². The van der Waals surface area contributed by atoms with Crippen molar-refractivity contribution in [1.82, 2.24) is 10.2 Å². The Morgan fingerprint density at radius 1 is 1.20 bits per heavy atom. The normalized spacial score (nSPS) is 10.7. The van der Waals surface area contributed by atoms with Gasteiger partial charge in [-0.05, 0) is 41.4 Å². The van der Waals surface area contributed by atoms with E-state index in [-0.39, 0.29) is 0 Å². The van der Waals surface area contributed by atoms with Crippen LogP contribution in [0.4, 0.5) is 0 Å². The molecule has 2 nitrogen and oxygen atoms in total. The summed E-state index contributed by atoms with van der Waals surface area (Å²) in [6.07, 6.45) is 0. The van der Waals surface area contributed by atoms with Gasteiger partial charge in [0.25, 0.3) is 0 Å². The summed E-state index contributed by atoms with van der Waals surface area (Å²) in [6.45, 7) is 4.07. The number of benzene rings is 1. The highest BCUT2D eigenvalue weighted by Crippen LogP contribution is 2.33. The van der Waals surface area contributed by atoms with E-state index in [0.717, 1.165) is 25.9 Å². The minimum atomic E-state index is 0.964. The van der Waals surface area contributed by atoms with Crippen molar-refractivity contribution < 1.29 is 0 Å². The highest BCUT2D eigenvalue weighted by Gasteiger charge is 2.12. The molecule has 1 aromatic carbocycles. The highest BCUT2D eigenvalue weighted by atomic mass is 79.9. The van der Waals surface area contributed by atoms with Gasteiger partial charge in [0.1, 0.15) is 5.69 Å². The van der Waals surface area contributed by atoms with Gasteiger partial charge in [-0.25, -0.2) is 0 Å². The Morgan fingerprint density at radius 3 is 2.53 bits per heavy atom. The van der Waals surface area contributed by atoms with Crippen LogP contribution in [0.5, 0.6) is 0 Å². The fourth-order valence-electron chi connectivity index (χ4n) is 1.46. The summed E-state index contributed by atoms with van der Waals surface area (Å²) in [5.41, 5.74) is 4.35. The second-order valence-electron chi connectivity index (χ2n) is 3.42. The predicted molar refractivity (Wildman–Crippen MR) is 68.9 cm³/mol. The molecule has 0 amide bonds. The first kappa shape index (κ1) is 10.9. The number of aryl methyl sites for hydroxylation is 1. The Labute approximate surface area is 105 Å². The van der Waals surface area contributed by atoms with Crippen LogP contribution in [0.25, 0.3) is 11.3 Å². The van der Waals surface area contributed by atoms with Gasteiger partial charge in [0.05, 0.1) is 4.47 Å². The van der Waals surface area contributed by atoms with Crippen molar-refractivity contribution in [1.29, 1.82) is 0 Å². The van der Waals surface area contributed by atoms with E-state index in [1.54, 1.807) is 0 Å². The molecule has 1 heterocycles. The van der Waals surface area contributed by atoms with Gasteiger partial charge in [-0.15, -0.1) is 0 Å². The van der Waals surface area contributed by atoms with E-state index in [1.165, 1.54) is 5.56 Å². The standard InChI is InChI=1S/C11H10Br2N2/c1-6-8(4-3-5-9(6)12)11-10(13)7(2)14-15-11/h3-5H,1-2H3,(H,14,15). The van der Waals surface area contributed by atoms with Gasteiger partial charge in [-0.3, -0.25) is 5.10 Å². The molecule has 0 aliphatic heterocycles. The Hall–Kier alpha value is -0.610. The van der Waals surface area contributed by atoms with Gasteiger partial charge in [0.2, 0.25) is 0 Å². The molecule has 0 fully saturated rings. The van der Waals surface area contributed by atoms with E-state index in [1.807, 2.05) is 19.1 Å². The molecule has 0 aliphatic rings. The molecule has 0 spiro atoms. The average molecular weight is 330 g/mol. The largest absolute Gasteiger partial charge is 0.281 e. The number of nitrogens with one attached hydrogen (secondary N) is 1. The maximum Gasteiger partial charge on any atom is 0.107 e. The van der Waals surface area contributed by atoms with Gasteiger partial charge in [0, 0.05) is 15.7 Å². The first-order valence-electron chi connectivity index (χ1n) is 4.57. The number of hydrogen-bond donors (Lipinski definition) is 1. The summed E-state index contributed by atoms with van der Waals surface area (Å²) in [5, 5.41) is 7.26. The predicted octanol–water partition coefficient (Wildman–Crippen LogP) is 4.22. The monoisotopic (exact) mass is 328 g/mol. The lowest BCUT2D eigenvalue weighted by atomic mass is 10.1. The molecule has 0 bridgehead atoms. The van der Waals surface area contributed by atoms with Crippen LogP contribution >= 0.6 is 31.9 Å². The van der Waals surface area contributed by atoms with Gasteiger partial charge in [-0.2, -0.15) is 5.10 Å². The molecule has 2 rings (SSSR count). The Bertz CT molecular complexity index is 503. The van der Waals surface area contributed by atoms with Crippen molar-refractivity contribution in [2.24, 2.45) is 0 Å². The lowest BCUT2D eigenvalue weighted by Gasteiger charge is -2.04. The fourth-order valence-corrected chi connectivity index (χ4v) is 2.22. The van der Waals surface area contributed by atoms with E-state index >= 15 is 0 Å². The third-order valence-electron chi connectivity index (χ3n) is 2.40. The van der Waals surface area contributed by atoms with Crippen LogP contribution in [0, 0.1) is 13.8 Å². The summed E-state index contributed by atoms with van der Waals surface area (Å²) < 4.78 is 2.14. The van der Waals surface area contributed by atoms with E-state index in [2.05, 4.69) is 55.0 Å². The Kier molecular flexibility index (Phi) is 2.98. The molecule has 0 unspecified atom stereocenters. The Balaban J connectivity index is 2.64. The minimum absolute atomic E-state index is 0.964. The van der Waals surface area contributed by atoms with Gasteiger partial charge < -0.3 is 0 Å².